The first-order chi connectivity index (χ1) is 5.79. The summed E-state index contributed by atoms with van der Waals surface area (Å²) in [6.45, 7) is 2.83. The van der Waals surface area contributed by atoms with Crippen molar-refractivity contribution in [3.05, 3.63) is 0 Å². The molecular weight excluding hydrogens is 154 g/mol. The summed E-state index contributed by atoms with van der Waals surface area (Å²) in [5, 5.41) is 23.6. The highest BCUT2D eigenvalue weighted by Gasteiger charge is 2.29. The largest absolute Gasteiger partial charge is 0.392 e. The first kappa shape index (κ1) is 9.96. The molecule has 3 unspecified atom stereocenters. The third-order valence-electron chi connectivity index (χ3n) is 2.69. The van der Waals surface area contributed by atoms with E-state index in [1.165, 1.54) is 0 Å². The van der Waals surface area contributed by atoms with Crippen molar-refractivity contribution in [1.29, 1.82) is 0 Å². The molecular formula is C9H18NO2. The fourth-order valence-corrected chi connectivity index (χ4v) is 1.87. The van der Waals surface area contributed by atoms with E-state index in [-0.39, 0.29) is 24.7 Å². The highest BCUT2D eigenvalue weighted by molar-refractivity contribution is 4.85. The van der Waals surface area contributed by atoms with Crippen LogP contribution in [0.5, 0.6) is 0 Å². The van der Waals surface area contributed by atoms with E-state index >= 15 is 0 Å². The van der Waals surface area contributed by atoms with E-state index in [1.54, 1.807) is 0 Å². The Morgan fingerprint density at radius 1 is 1.67 bits per heavy atom. The van der Waals surface area contributed by atoms with Gasteiger partial charge in [-0.05, 0) is 25.8 Å². The minimum Gasteiger partial charge on any atom is -0.392 e. The molecule has 1 aliphatic rings. The predicted octanol–water partition coefficient (Wildman–Crippen LogP) is 0.556. The Morgan fingerprint density at radius 3 is 3.00 bits per heavy atom. The summed E-state index contributed by atoms with van der Waals surface area (Å²) in [5.41, 5.74) is 0. The van der Waals surface area contributed by atoms with Crippen LogP contribution >= 0.6 is 0 Å². The van der Waals surface area contributed by atoms with Crippen LogP contribution < -0.4 is 5.32 Å². The molecule has 3 nitrogen and oxygen atoms in total. The van der Waals surface area contributed by atoms with Crippen molar-refractivity contribution in [2.45, 2.75) is 38.3 Å². The molecule has 3 heteroatoms. The minimum absolute atomic E-state index is 0.0428. The van der Waals surface area contributed by atoms with Crippen LogP contribution in [0.15, 0.2) is 0 Å². The van der Waals surface area contributed by atoms with Gasteiger partial charge in [-0.25, -0.2) is 5.11 Å². The van der Waals surface area contributed by atoms with Crippen molar-refractivity contribution in [1.82, 2.24) is 5.32 Å². The lowest BCUT2D eigenvalue weighted by Crippen LogP contribution is -2.49. The van der Waals surface area contributed by atoms with E-state index in [1.807, 2.05) is 6.92 Å². The molecule has 3 atom stereocenters. The maximum Gasteiger partial charge on any atom is 0.0866 e. The van der Waals surface area contributed by atoms with Crippen LogP contribution in [0.1, 0.15) is 26.2 Å². The zero-order valence-electron chi connectivity index (χ0n) is 7.62. The van der Waals surface area contributed by atoms with E-state index in [4.69, 9.17) is 0 Å². The van der Waals surface area contributed by atoms with E-state index in [0.717, 1.165) is 25.8 Å². The molecule has 12 heavy (non-hydrogen) atoms. The average Bonchev–Trinajstić information content (AvgIpc) is 2.16. The summed E-state index contributed by atoms with van der Waals surface area (Å²) in [7, 11) is 0. The number of rotatable bonds is 3. The van der Waals surface area contributed by atoms with Gasteiger partial charge in [0.15, 0.2) is 0 Å². The van der Waals surface area contributed by atoms with Gasteiger partial charge in [-0.3, -0.25) is 0 Å². The first-order valence-electron chi connectivity index (χ1n) is 4.79. The summed E-state index contributed by atoms with van der Waals surface area (Å²) in [6.07, 6.45) is 2.43. The molecule has 1 radical (unpaired) electrons. The van der Waals surface area contributed by atoms with Crippen LogP contribution in [0.4, 0.5) is 0 Å². The maximum atomic E-state index is 10.8. The van der Waals surface area contributed by atoms with Crippen LogP contribution in [0.3, 0.4) is 0 Å². The van der Waals surface area contributed by atoms with Crippen molar-refractivity contribution in [2.75, 3.05) is 13.2 Å². The fraction of sp³-hybridized carbons (Fsp3) is 1.00. The van der Waals surface area contributed by atoms with Crippen molar-refractivity contribution >= 4 is 0 Å². The Morgan fingerprint density at radius 2 is 2.42 bits per heavy atom. The Hall–Kier alpha value is -0.120. The number of piperidine rings is 1. The molecule has 2 N–H and O–H groups in total. The molecule has 0 spiro atoms. The second-order valence-corrected chi connectivity index (χ2v) is 3.52. The molecule has 0 amide bonds. The fourth-order valence-electron chi connectivity index (χ4n) is 1.87. The van der Waals surface area contributed by atoms with Crippen LogP contribution in [0.25, 0.3) is 0 Å². The lowest BCUT2D eigenvalue weighted by atomic mass is 9.87. The van der Waals surface area contributed by atoms with Gasteiger partial charge in [-0.2, -0.15) is 0 Å². The molecule has 71 valence electrons. The van der Waals surface area contributed by atoms with Gasteiger partial charge in [0.2, 0.25) is 0 Å². The van der Waals surface area contributed by atoms with Gasteiger partial charge in [0.1, 0.15) is 0 Å². The zero-order valence-corrected chi connectivity index (χ0v) is 7.62. The average molecular weight is 172 g/mol. The monoisotopic (exact) mass is 172 g/mol. The second kappa shape index (κ2) is 4.80. The Balaban J connectivity index is 2.46. The molecule has 1 heterocycles. The topological polar surface area (TPSA) is 52.2 Å². The van der Waals surface area contributed by atoms with Gasteiger partial charge in [0.05, 0.1) is 12.7 Å². The van der Waals surface area contributed by atoms with Crippen LogP contribution in [-0.2, 0) is 5.11 Å². The molecule has 1 saturated heterocycles. The molecule has 0 aromatic carbocycles. The number of aliphatic hydroxyl groups is 1. The van der Waals surface area contributed by atoms with E-state index in [0.29, 0.717) is 0 Å². The first-order valence-corrected chi connectivity index (χ1v) is 4.79. The van der Waals surface area contributed by atoms with Crippen molar-refractivity contribution in [3.8, 4) is 0 Å². The lowest BCUT2D eigenvalue weighted by molar-refractivity contribution is 0.0343. The SMILES string of the molecule is CCC(O)C1NCCCC1C[O]. The smallest absolute Gasteiger partial charge is 0.0866 e. The number of aliphatic hydroxyl groups excluding tert-OH is 1. The summed E-state index contributed by atoms with van der Waals surface area (Å²) in [6, 6.07) is 0.0428. The second-order valence-electron chi connectivity index (χ2n) is 3.52. The molecule has 1 fully saturated rings. The normalized spacial score (nSPS) is 33.2. The standard InChI is InChI=1S/C9H18NO2/c1-2-8(12)9-7(6-11)4-3-5-10-9/h7-10,12H,2-6H2,1H3. The van der Waals surface area contributed by atoms with Gasteiger partial charge in [-0.1, -0.05) is 6.92 Å². The maximum absolute atomic E-state index is 10.8. The summed E-state index contributed by atoms with van der Waals surface area (Å²) in [5.74, 6) is 0.133. The van der Waals surface area contributed by atoms with Crippen LogP contribution in [0.2, 0.25) is 0 Å². The molecule has 0 bridgehead atoms. The Bertz CT molecular complexity index is 130. The Kier molecular flexibility index (Phi) is 3.98. The van der Waals surface area contributed by atoms with Gasteiger partial charge >= 0.3 is 0 Å². The van der Waals surface area contributed by atoms with E-state index in [2.05, 4.69) is 5.32 Å². The minimum atomic E-state index is -0.343. The van der Waals surface area contributed by atoms with Crippen molar-refractivity contribution in [3.63, 3.8) is 0 Å². The third kappa shape index (κ3) is 2.19. The lowest BCUT2D eigenvalue weighted by Gasteiger charge is -2.33. The number of hydrogen-bond donors (Lipinski definition) is 2. The van der Waals surface area contributed by atoms with Gasteiger partial charge in [0, 0.05) is 12.0 Å². The zero-order chi connectivity index (χ0) is 8.97. The molecule has 0 saturated carbocycles. The molecule has 1 aliphatic heterocycles. The molecule has 0 aromatic rings. The van der Waals surface area contributed by atoms with Gasteiger partial charge in [0.25, 0.3) is 0 Å². The van der Waals surface area contributed by atoms with E-state index < -0.39 is 0 Å². The quantitative estimate of drug-likeness (QED) is 0.653. The van der Waals surface area contributed by atoms with Gasteiger partial charge in [-0.15, -0.1) is 0 Å². The van der Waals surface area contributed by atoms with Crippen LogP contribution in [-0.4, -0.2) is 30.4 Å². The van der Waals surface area contributed by atoms with Crippen molar-refractivity contribution in [2.24, 2.45) is 5.92 Å². The summed E-state index contributed by atoms with van der Waals surface area (Å²) in [4.78, 5) is 0. The van der Waals surface area contributed by atoms with Crippen molar-refractivity contribution < 1.29 is 10.2 Å². The molecule has 0 aliphatic carbocycles. The van der Waals surface area contributed by atoms with Gasteiger partial charge < -0.3 is 10.4 Å². The van der Waals surface area contributed by atoms with Crippen LogP contribution in [0, 0.1) is 5.92 Å². The Labute approximate surface area is 73.8 Å². The number of hydrogen-bond acceptors (Lipinski definition) is 2. The number of nitrogens with one attached hydrogen (secondary N) is 1. The highest BCUT2D eigenvalue weighted by Crippen LogP contribution is 2.19. The molecule has 0 aromatic heterocycles. The predicted molar refractivity (Wildman–Crippen MR) is 46.4 cm³/mol. The summed E-state index contributed by atoms with van der Waals surface area (Å²) >= 11 is 0. The van der Waals surface area contributed by atoms with E-state index in [9.17, 15) is 10.2 Å². The molecule has 1 rings (SSSR count). The summed E-state index contributed by atoms with van der Waals surface area (Å²) < 4.78 is 0. The third-order valence-corrected chi connectivity index (χ3v) is 2.69. The highest BCUT2D eigenvalue weighted by atomic mass is 16.3.